The molecular weight excluding hydrogens is 278 g/mol. The van der Waals surface area contributed by atoms with E-state index < -0.39 is 15.6 Å². The monoisotopic (exact) mass is 295 g/mol. The van der Waals surface area contributed by atoms with Gasteiger partial charge in [-0.25, -0.2) is 13.6 Å². The maximum atomic E-state index is 12.1. The van der Waals surface area contributed by atoms with E-state index in [1.807, 2.05) is 13.8 Å². The number of sulfonamides is 1. The van der Waals surface area contributed by atoms with Gasteiger partial charge in [0.1, 0.15) is 11.4 Å². The molecule has 1 amide bonds. The topological polar surface area (TPSA) is 102 Å². The highest BCUT2D eigenvalue weighted by Gasteiger charge is 2.42. The summed E-state index contributed by atoms with van der Waals surface area (Å²) in [6.45, 7) is 5.49. The number of hydrogen-bond acceptors (Lipinski definition) is 4. The van der Waals surface area contributed by atoms with E-state index >= 15 is 0 Å². The van der Waals surface area contributed by atoms with E-state index in [9.17, 15) is 13.2 Å². The molecule has 3 N–H and O–H groups in total. The lowest BCUT2D eigenvalue weighted by Gasteiger charge is -2.21. The fraction of sp³-hybridized carbons (Fsp3) is 0.385. The van der Waals surface area contributed by atoms with E-state index in [4.69, 9.17) is 5.14 Å². The van der Waals surface area contributed by atoms with E-state index in [1.54, 1.807) is 25.1 Å². The number of hydrogen-bond donors (Lipinski definition) is 2. The molecule has 0 saturated heterocycles. The van der Waals surface area contributed by atoms with Crippen LogP contribution in [0.15, 0.2) is 34.2 Å². The lowest BCUT2D eigenvalue weighted by Crippen LogP contribution is -2.41. The molecule has 0 aromatic heterocycles. The van der Waals surface area contributed by atoms with Crippen molar-refractivity contribution >= 4 is 21.8 Å². The minimum Gasteiger partial charge on any atom is -0.308 e. The largest absolute Gasteiger partial charge is 0.308 e. The van der Waals surface area contributed by atoms with Crippen molar-refractivity contribution < 1.29 is 13.2 Å². The van der Waals surface area contributed by atoms with Crippen LogP contribution in [0.2, 0.25) is 0 Å². The average molecular weight is 295 g/mol. The summed E-state index contributed by atoms with van der Waals surface area (Å²) in [4.78, 5) is 16.4. The second kappa shape index (κ2) is 4.68. The Bertz CT molecular complexity index is 695. The van der Waals surface area contributed by atoms with Crippen molar-refractivity contribution in [3.63, 3.8) is 0 Å². The van der Waals surface area contributed by atoms with Gasteiger partial charge in [-0.15, -0.1) is 0 Å². The summed E-state index contributed by atoms with van der Waals surface area (Å²) >= 11 is 0. The molecule has 1 aliphatic rings. The van der Waals surface area contributed by atoms with Crippen LogP contribution >= 0.6 is 0 Å². The van der Waals surface area contributed by atoms with Gasteiger partial charge >= 0.3 is 0 Å². The molecule has 7 heteroatoms. The summed E-state index contributed by atoms with van der Waals surface area (Å²) in [5.74, 6) is -0.0100. The number of amides is 1. The van der Waals surface area contributed by atoms with Crippen LogP contribution in [0.1, 0.15) is 26.3 Å². The molecule has 0 aliphatic carbocycles. The van der Waals surface area contributed by atoms with Gasteiger partial charge in [-0.1, -0.05) is 26.0 Å². The molecule has 0 spiro atoms. The molecule has 1 aromatic rings. The molecule has 108 valence electrons. The Hall–Kier alpha value is -1.73. The van der Waals surface area contributed by atoms with Gasteiger partial charge in [0.05, 0.1) is 4.90 Å². The molecule has 1 unspecified atom stereocenters. The van der Waals surface area contributed by atoms with Gasteiger partial charge in [-0.05, 0) is 25.0 Å². The minimum atomic E-state index is -3.88. The Kier molecular flexibility index (Phi) is 3.43. The van der Waals surface area contributed by atoms with E-state index in [2.05, 4.69) is 10.3 Å². The van der Waals surface area contributed by atoms with Crippen LogP contribution in [0.3, 0.4) is 0 Å². The number of primary sulfonamides is 1. The molecular formula is C13H17N3O3S. The third kappa shape index (κ3) is 2.34. The van der Waals surface area contributed by atoms with Crippen LogP contribution in [0.5, 0.6) is 0 Å². The zero-order valence-electron chi connectivity index (χ0n) is 11.5. The molecule has 0 fully saturated rings. The Morgan fingerprint density at radius 2 is 1.90 bits per heavy atom. The van der Waals surface area contributed by atoms with Gasteiger partial charge in [-0.3, -0.25) is 9.79 Å². The Morgan fingerprint density at radius 1 is 1.30 bits per heavy atom. The molecule has 0 radical (unpaired) electrons. The summed E-state index contributed by atoms with van der Waals surface area (Å²) in [5.41, 5.74) is -0.589. The molecule has 1 atom stereocenters. The number of carbonyl (C=O) groups excluding carboxylic acids is 1. The number of amidine groups is 1. The number of carbonyl (C=O) groups is 1. The third-order valence-corrected chi connectivity index (χ3v) is 4.58. The van der Waals surface area contributed by atoms with Gasteiger partial charge < -0.3 is 5.32 Å². The summed E-state index contributed by atoms with van der Waals surface area (Å²) in [5, 5.41) is 7.84. The Balaban J connectivity index is 2.58. The SMILES string of the molecule is CC(C)C1(C)N=C(c2ccccc2S(N)(=O)=O)NC1=O. The Labute approximate surface area is 118 Å². The summed E-state index contributed by atoms with van der Waals surface area (Å²) in [6, 6.07) is 6.21. The van der Waals surface area contributed by atoms with Crippen LogP contribution in [-0.2, 0) is 14.8 Å². The lowest BCUT2D eigenvalue weighted by atomic mass is 9.89. The van der Waals surface area contributed by atoms with Crippen molar-refractivity contribution in [3.8, 4) is 0 Å². The molecule has 0 bridgehead atoms. The Morgan fingerprint density at radius 3 is 2.40 bits per heavy atom. The van der Waals surface area contributed by atoms with E-state index in [0.29, 0.717) is 5.56 Å². The zero-order valence-corrected chi connectivity index (χ0v) is 12.4. The summed E-state index contributed by atoms with van der Waals surface area (Å²) in [7, 11) is -3.88. The highest BCUT2D eigenvalue weighted by atomic mass is 32.2. The van der Waals surface area contributed by atoms with Crippen molar-refractivity contribution in [1.29, 1.82) is 0 Å². The number of benzene rings is 1. The average Bonchev–Trinajstić information content (AvgIpc) is 2.66. The number of rotatable bonds is 3. The highest BCUT2D eigenvalue weighted by Crippen LogP contribution is 2.28. The molecule has 2 rings (SSSR count). The first kappa shape index (κ1) is 14.7. The van der Waals surface area contributed by atoms with Crippen molar-refractivity contribution in [2.75, 3.05) is 0 Å². The van der Waals surface area contributed by atoms with Crippen molar-refractivity contribution in [2.45, 2.75) is 31.2 Å². The fourth-order valence-corrected chi connectivity index (χ4v) is 2.71. The smallest absolute Gasteiger partial charge is 0.253 e. The van der Waals surface area contributed by atoms with Gasteiger partial charge in [-0.2, -0.15) is 0 Å². The standard InChI is InChI=1S/C13H17N3O3S/c1-8(2)13(3)12(17)15-11(16-13)9-6-4-5-7-10(9)20(14,18)19/h4-8H,1-3H3,(H2,14,18,19)(H,15,16,17). The van der Waals surface area contributed by atoms with Crippen LogP contribution in [-0.4, -0.2) is 25.7 Å². The van der Waals surface area contributed by atoms with Crippen LogP contribution in [0.4, 0.5) is 0 Å². The van der Waals surface area contributed by atoms with Crippen LogP contribution in [0, 0.1) is 5.92 Å². The molecule has 20 heavy (non-hydrogen) atoms. The predicted octanol–water partition coefficient (Wildman–Crippen LogP) is 0.625. The number of nitrogens with one attached hydrogen (secondary N) is 1. The van der Waals surface area contributed by atoms with Gasteiger partial charge in [0.15, 0.2) is 0 Å². The first-order valence-electron chi connectivity index (χ1n) is 6.20. The molecule has 1 heterocycles. The normalized spacial score (nSPS) is 22.9. The van der Waals surface area contributed by atoms with Crippen molar-refractivity contribution in [2.24, 2.45) is 16.0 Å². The summed E-state index contributed by atoms with van der Waals surface area (Å²) in [6.07, 6.45) is 0. The second-order valence-electron chi connectivity index (χ2n) is 5.26. The quantitative estimate of drug-likeness (QED) is 0.854. The maximum absolute atomic E-state index is 12.1. The number of nitrogens with zero attached hydrogens (tertiary/aromatic N) is 1. The van der Waals surface area contributed by atoms with Crippen molar-refractivity contribution in [1.82, 2.24) is 5.32 Å². The van der Waals surface area contributed by atoms with E-state index in [1.165, 1.54) is 6.07 Å². The molecule has 1 aromatic carbocycles. The molecule has 6 nitrogen and oxygen atoms in total. The number of aliphatic imine (C=N–C) groups is 1. The van der Waals surface area contributed by atoms with E-state index in [-0.39, 0.29) is 22.6 Å². The van der Waals surface area contributed by atoms with Crippen LogP contribution in [0.25, 0.3) is 0 Å². The zero-order chi connectivity index (χ0) is 15.1. The second-order valence-corrected chi connectivity index (χ2v) is 6.79. The van der Waals surface area contributed by atoms with Gasteiger partial charge in [0.25, 0.3) is 5.91 Å². The lowest BCUT2D eigenvalue weighted by molar-refractivity contribution is -0.124. The predicted molar refractivity (Wildman–Crippen MR) is 75.7 cm³/mol. The van der Waals surface area contributed by atoms with Gasteiger partial charge in [0, 0.05) is 5.56 Å². The fourth-order valence-electron chi connectivity index (χ4n) is 1.97. The number of nitrogens with two attached hydrogens (primary N) is 1. The molecule has 1 aliphatic heterocycles. The van der Waals surface area contributed by atoms with E-state index in [0.717, 1.165) is 0 Å². The first-order chi connectivity index (χ1) is 9.16. The summed E-state index contributed by atoms with van der Waals surface area (Å²) < 4.78 is 23.2. The maximum Gasteiger partial charge on any atom is 0.253 e. The van der Waals surface area contributed by atoms with Crippen LogP contribution < -0.4 is 10.5 Å². The third-order valence-electron chi connectivity index (χ3n) is 3.61. The molecule has 0 saturated carbocycles. The minimum absolute atomic E-state index is 0.0124. The van der Waals surface area contributed by atoms with Crippen molar-refractivity contribution in [3.05, 3.63) is 29.8 Å². The van der Waals surface area contributed by atoms with Gasteiger partial charge in [0.2, 0.25) is 10.0 Å². The first-order valence-corrected chi connectivity index (χ1v) is 7.74. The highest BCUT2D eigenvalue weighted by molar-refractivity contribution is 7.89.